The first-order chi connectivity index (χ1) is 7.56. The van der Waals surface area contributed by atoms with Gasteiger partial charge in [-0.05, 0) is 24.3 Å². The normalized spacial score (nSPS) is 21.1. The van der Waals surface area contributed by atoms with Crippen LogP contribution in [-0.2, 0) is 9.59 Å². The van der Waals surface area contributed by atoms with Crippen LogP contribution in [0.5, 0.6) is 0 Å². The van der Waals surface area contributed by atoms with Crippen molar-refractivity contribution in [3.63, 3.8) is 0 Å². The third kappa shape index (κ3) is 1.95. The molecule has 0 aliphatic carbocycles. The summed E-state index contributed by atoms with van der Waals surface area (Å²) >= 11 is 0. The summed E-state index contributed by atoms with van der Waals surface area (Å²) in [5, 5.41) is 16.5. The molecule has 2 heterocycles. The van der Waals surface area contributed by atoms with E-state index in [4.69, 9.17) is 0 Å². The number of nitrogens with zero attached hydrogens (tertiary/aromatic N) is 6. The van der Waals surface area contributed by atoms with Crippen LogP contribution in [0, 0.1) is 0 Å². The van der Waals surface area contributed by atoms with E-state index in [9.17, 15) is 9.59 Å². The highest BCUT2D eigenvalue weighted by Crippen LogP contribution is 2.12. The van der Waals surface area contributed by atoms with Gasteiger partial charge < -0.3 is 0 Å². The highest BCUT2D eigenvalue weighted by molar-refractivity contribution is 6.04. The van der Waals surface area contributed by atoms with E-state index < -0.39 is 0 Å². The SMILES string of the molecule is CC1=NN(/N=N/N2N=C(C)CC2=O)C(=O)C1. The predicted molar refractivity (Wildman–Crippen MR) is 54.0 cm³/mol. The molecule has 0 bridgehead atoms. The third-order valence-electron chi connectivity index (χ3n) is 2.00. The Morgan fingerprint density at radius 3 is 1.56 bits per heavy atom. The van der Waals surface area contributed by atoms with Gasteiger partial charge in [-0.1, -0.05) is 10.2 Å². The smallest absolute Gasteiger partial charge is 0.270 e. The van der Waals surface area contributed by atoms with Crippen molar-refractivity contribution in [2.45, 2.75) is 26.7 Å². The quantitative estimate of drug-likeness (QED) is 0.636. The summed E-state index contributed by atoms with van der Waals surface area (Å²) in [5.74, 6) is -0.540. The molecule has 8 nitrogen and oxygen atoms in total. The maximum absolute atomic E-state index is 11.3. The fourth-order valence-electron chi connectivity index (χ4n) is 1.30. The fourth-order valence-corrected chi connectivity index (χ4v) is 1.30. The highest BCUT2D eigenvalue weighted by Gasteiger charge is 2.24. The molecule has 0 spiro atoms. The second kappa shape index (κ2) is 3.80. The zero-order valence-corrected chi connectivity index (χ0v) is 8.91. The van der Waals surface area contributed by atoms with Gasteiger partial charge in [0.05, 0.1) is 12.8 Å². The van der Waals surface area contributed by atoms with Crippen molar-refractivity contribution in [3.05, 3.63) is 0 Å². The van der Waals surface area contributed by atoms with Gasteiger partial charge in [-0.3, -0.25) is 9.59 Å². The lowest BCUT2D eigenvalue weighted by atomic mass is 10.3. The Kier molecular flexibility index (Phi) is 2.47. The molecule has 2 rings (SSSR count). The number of carbonyl (C=O) groups is 2. The Bertz CT molecular complexity index is 398. The van der Waals surface area contributed by atoms with Crippen molar-refractivity contribution in [1.29, 1.82) is 0 Å². The standard InChI is InChI=1S/C8H10N6O2/c1-5-3-7(15)13(9-5)11-12-14-8(16)4-6(2)10-14/h3-4H2,1-2H3/b12-11+. The Morgan fingerprint density at radius 1 is 0.938 bits per heavy atom. The minimum absolute atomic E-state index is 0.231. The van der Waals surface area contributed by atoms with E-state index in [-0.39, 0.29) is 24.7 Å². The molecule has 2 aliphatic heterocycles. The van der Waals surface area contributed by atoms with Crippen LogP contribution in [0.2, 0.25) is 0 Å². The number of amides is 2. The van der Waals surface area contributed by atoms with Crippen molar-refractivity contribution in [2.24, 2.45) is 20.6 Å². The predicted octanol–water partition coefficient (Wildman–Crippen LogP) is 0.485. The van der Waals surface area contributed by atoms with Gasteiger partial charge in [-0.15, -0.1) is 0 Å². The van der Waals surface area contributed by atoms with E-state index in [1.807, 2.05) is 0 Å². The summed E-state index contributed by atoms with van der Waals surface area (Å²) in [6.07, 6.45) is 0.463. The van der Waals surface area contributed by atoms with Crippen molar-refractivity contribution in [1.82, 2.24) is 10.2 Å². The lowest BCUT2D eigenvalue weighted by Gasteiger charge is -2.04. The van der Waals surface area contributed by atoms with Crippen LogP contribution < -0.4 is 0 Å². The largest absolute Gasteiger partial charge is 0.272 e. The highest BCUT2D eigenvalue weighted by atomic mass is 16.2. The lowest BCUT2D eigenvalue weighted by Crippen LogP contribution is -2.17. The van der Waals surface area contributed by atoms with Crippen LogP contribution in [0.3, 0.4) is 0 Å². The third-order valence-corrected chi connectivity index (χ3v) is 2.00. The molecular weight excluding hydrogens is 212 g/mol. The van der Waals surface area contributed by atoms with E-state index in [0.717, 1.165) is 10.2 Å². The summed E-state index contributed by atoms with van der Waals surface area (Å²) in [6, 6.07) is 0. The number of hydrogen-bond donors (Lipinski definition) is 0. The average Bonchev–Trinajstić information content (AvgIpc) is 2.66. The molecule has 0 fully saturated rings. The molecule has 84 valence electrons. The Morgan fingerprint density at radius 2 is 1.31 bits per heavy atom. The van der Waals surface area contributed by atoms with E-state index in [1.54, 1.807) is 13.8 Å². The van der Waals surface area contributed by atoms with E-state index in [2.05, 4.69) is 20.6 Å². The molecule has 0 aromatic rings. The summed E-state index contributed by atoms with van der Waals surface area (Å²) in [6.45, 7) is 3.44. The van der Waals surface area contributed by atoms with Gasteiger partial charge in [-0.25, -0.2) is 0 Å². The van der Waals surface area contributed by atoms with E-state index >= 15 is 0 Å². The number of rotatable bonds is 2. The number of carbonyl (C=O) groups excluding carboxylic acids is 2. The molecule has 0 saturated carbocycles. The van der Waals surface area contributed by atoms with Gasteiger partial charge in [0.2, 0.25) is 0 Å². The minimum Gasteiger partial charge on any atom is -0.270 e. The zero-order chi connectivity index (χ0) is 11.7. The summed E-state index contributed by atoms with van der Waals surface area (Å²) in [7, 11) is 0. The van der Waals surface area contributed by atoms with Crippen LogP contribution in [0.1, 0.15) is 26.7 Å². The molecule has 0 radical (unpaired) electrons. The summed E-state index contributed by atoms with van der Waals surface area (Å²) < 4.78 is 0. The van der Waals surface area contributed by atoms with E-state index in [1.165, 1.54) is 0 Å². The van der Waals surface area contributed by atoms with Crippen LogP contribution in [0.15, 0.2) is 20.6 Å². The first-order valence-electron chi connectivity index (χ1n) is 4.72. The number of hydrazone groups is 2. The van der Waals surface area contributed by atoms with Crippen LogP contribution >= 0.6 is 0 Å². The van der Waals surface area contributed by atoms with Gasteiger partial charge >= 0.3 is 0 Å². The molecule has 8 heteroatoms. The molecule has 0 aromatic heterocycles. The summed E-state index contributed by atoms with van der Waals surface area (Å²) in [5.41, 5.74) is 1.33. The molecule has 0 aromatic carbocycles. The van der Waals surface area contributed by atoms with Crippen LogP contribution in [-0.4, -0.2) is 33.5 Å². The second-order valence-electron chi connectivity index (χ2n) is 3.57. The topological polar surface area (TPSA) is 90.1 Å². The van der Waals surface area contributed by atoms with Gasteiger partial charge in [0.25, 0.3) is 11.8 Å². The molecule has 16 heavy (non-hydrogen) atoms. The average molecular weight is 222 g/mol. The molecular formula is C8H10N6O2. The Hall–Kier alpha value is -2.12. The molecule has 0 N–H and O–H groups in total. The monoisotopic (exact) mass is 222 g/mol. The van der Waals surface area contributed by atoms with Crippen molar-refractivity contribution < 1.29 is 9.59 Å². The molecule has 0 unspecified atom stereocenters. The van der Waals surface area contributed by atoms with Crippen molar-refractivity contribution in [3.8, 4) is 0 Å². The first kappa shape index (κ1) is 10.4. The molecule has 0 atom stereocenters. The fraction of sp³-hybridized carbons (Fsp3) is 0.500. The van der Waals surface area contributed by atoms with Crippen LogP contribution in [0.4, 0.5) is 0 Å². The van der Waals surface area contributed by atoms with Gasteiger partial charge in [0, 0.05) is 11.4 Å². The summed E-state index contributed by atoms with van der Waals surface area (Å²) in [4.78, 5) is 22.5. The molecule has 2 aliphatic rings. The van der Waals surface area contributed by atoms with Gasteiger partial charge in [-0.2, -0.15) is 10.2 Å². The maximum atomic E-state index is 11.3. The van der Waals surface area contributed by atoms with Crippen molar-refractivity contribution in [2.75, 3.05) is 0 Å². The minimum atomic E-state index is -0.270. The van der Waals surface area contributed by atoms with Gasteiger partial charge in [0.15, 0.2) is 0 Å². The zero-order valence-electron chi connectivity index (χ0n) is 8.91. The lowest BCUT2D eigenvalue weighted by molar-refractivity contribution is -0.132. The second-order valence-corrected chi connectivity index (χ2v) is 3.57. The Balaban J connectivity index is 2.05. The Labute approximate surface area is 91.2 Å². The number of hydrogen-bond acceptors (Lipinski definition) is 6. The first-order valence-corrected chi connectivity index (χ1v) is 4.72. The van der Waals surface area contributed by atoms with Gasteiger partial charge in [0.1, 0.15) is 0 Å². The van der Waals surface area contributed by atoms with Crippen molar-refractivity contribution >= 4 is 23.2 Å². The maximum Gasteiger partial charge on any atom is 0.272 e. The molecule has 2 amide bonds. The molecule has 0 saturated heterocycles. The van der Waals surface area contributed by atoms with E-state index in [0.29, 0.717) is 11.4 Å². The van der Waals surface area contributed by atoms with Crippen LogP contribution in [0.25, 0.3) is 0 Å².